The van der Waals surface area contributed by atoms with Crippen LogP contribution < -0.4 is 0 Å². The van der Waals surface area contributed by atoms with Crippen molar-refractivity contribution in [2.75, 3.05) is 13.2 Å². The first-order chi connectivity index (χ1) is 11.5. The van der Waals surface area contributed by atoms with Gasteiger partial charge in [-0.1, -0.05) is 55.0 Å². The van der Waals surface area contributed by atoms with Gasteiger partial charge in [-0.3, -0.25) is 4.18 Å². The van der Waals surface area contributed by atoms with E-state index >= 15 is 0 Å². The molecule has 0 heterocycles. The van der Waals surface area contributed by atoms with Crippen LogP contribution >= 0.6 is 0 Å². The topological polar surface area (TPSA) is 52.6 Å². The molecular weight excluding hydrogens is 324 g/mol. The van der Waals surface area contributed by atoms with Crippen LogP contribution in [0.1, 0.15) is 24.5 Å². The van der Waals surface area contributed by atoms with E-state index in [1.54, 1.807) is 24.3 Å². The molecule has 0 saturated heterocycles. The highest BCUT2D eigenvalue weighted by atomic mass is 32.2. The Kier molecular flexibility index (Phi) is 6.97. The number of hydrogen-bond acceptors (Lipinski definition) is 4. The minimum atomic E-state index is -3.71. The zero-order chi connectivity index (χ0) is 17.4. The molecule has 0 saturated carbocycles. The Morgan fingerprint density at radius 1 is 0.958 bits per heavy atom. The summed E-state index contributed by atoms with van der Waals surface area (Å²) in [6, 6.07) is 16.5. The van der Waals surface area contributed by atoms with Gasteiger partial charge in [-0.05, 0) is 31.0 Å². The summed E-state index contributed by atoms with van der Waals surface area (Å²) in [5, 5.41) is 0. The molecule has 0 radical (unpaired) electrons. The summed E-state index contributed by atoms with van der Waals surface area (Å²) in [4.78, 5) is 0.188. The van der Waals surface area contributed by atoms with E-state index in [0.29, 0.717) is 13.2 Å². The van der Waals surface area contributed by atoms with Crippen LogP contribution in [0.3, 0.4) is 0 Å². The molecule has 2 rings (SSSR count). The number of hydrogen-bond donors (Lipinski definition) is 0. The van der Waals surface area contributed by atoms with Crippen molar-refractivity contribution in [3.8, 4) is 0 Å². The van der Waals surface area contributed by atoms with Gasteiger partial charge in [-0.15, -0.1) is 0 Å². The number of ether oxygens (including phenoxy) is 1. The lowest BCUT2D eigenvalue weighted by Crippen LogP contribution is -2.18. The molecule has 0 fully saturated rings. The molecule has 5 heteroatoms. The molecule has 2 aromatic carbocycles. The summed E-state index contributed by atoms with van der Waals surface area (Å²) in [5.41, 5.74) is 2.11. The van der Waals surface area contributed by atoms with Gasteiger partial charge in [0.05, 0.1) is 24.7 Å². The zero-order valence-electron chi connectivity index (χ0n) is 14.1. The molecule has 1 atom stereocenters. The van der Waals surface area contributed by atoms with E-state index in [4.69, 9.17) is 8.92 Å². The second kappa shape index (κ2) is 8.97. The van der Waals surface area contributed by atoms with Crippen LogP contribution in [0.25, 0.3) is 0 Å². The monoisotopic (exact) mass is 348 g/mol. The number of benzene rings is 2. The smallest absolute Gasteiger partial charge is 0.296 e. The fraction of sp³-hybridized carbons (Fsp3) is 0.368. The van der Waals surface area contributed by atoms with E-state index in [1.807, 2.05) is 44.2 Å². The summed E-state index contributed by atoms with van der Waals surface area (Å²) in [5.74, 6) is 0.0361. The van der Waals surface area contributed by atoms with Gasteiger partial charge in [0.2, 0.25) is 0 Å². The first-order valence-electron chi connectivity index (χ1n) is 8.09. The van der Waals surface area contributed by atoms with Crippen LogP contribution in [0.2, 0.25) is 0 Å². The van der Waals surface area contributed by atoms with E-state index in [-0.39, 0.29) is 17.4 Å². The van der Waals surface area contributed by atoms with Gasteiger partial charge in [-0.25, -0.2) is 0 Å². The molecule has 0 aliphatic rings. The summed E-state index contributed by atoms with van der Waals surface area (Å²) < 4.78 is 35.3. The summed E-state index contributed by atoms with van der Waals surface area (Å²) in [6.45, 7) is 5.02. The van der Waals surface area contributed by atoms with Crippen molar-refractivity contribution in [3.63, 3.8) is 0 Å². The van der Waals surface area contributed by atoms with Gasteiger partial charge in [-0.2, -0.15) is 8.42 Å². The molecule has 0 bridgehead atoms. The quantitative estimate of drug-likeness (QED) is 0.644. The molecule has 0 spiro atoms. The minimum absolute atomic E-state index is 0.0361. The van der Waals surface area contributed by atoms with Crippen LogP contribution in [0.15, 0.2) is 59.5 Å². The maximum absolute atomic E-state index is 12.2. The third kappa shape index (κ3) is 5.74. The molecule has 1 unspecified atom stereocenters. The first kappa shape index (κ1) is 18.6. The van der Waals surface area contributed by atoms with Crippen molar-refractivity contribution in [2.45, 2.75) is 31.8 Å². The maximum Gasteiger partial charge on any atom is 0.296 e. The number of rotatable bonds is 9. The Morgan fingerprint density at radius 3 is 2.25 bits per heavy atom. The highest BCUT2D eigenvalue weighted by Crippen LogP contribution is 2.16. The second-order valence-corrected chi connectivity index (χ2v) is 7.44. The third-order valence-electron chi connectivity index (χ3n) is 3.81. The average Bonchev–Trinajstić information content (AvgIpc) is 2.59. The summed E-state index contributed by atoms with van der Waals surface area (Å²) in [6.07, 6.45) is 0.790. The van der Waals surface area contributed by atoms with Crippen molar-refractivity contribution in [3.05, 3.63) is 65.7 Å². The van der Waals surface area contributed by atoms with Crippen LogP contribution in [0.4, 0.5) is 0 Å². The Hall–Kier alpha value is -1.69. The predicted molar refractivity (Wildman–Crippen MR) is 94.2 cm³/mol. The standard InChI is InChI=1S/C19H24O4S/c1-3-17(13-22-14-18-7-5-4-6-8-18)15-23-24(20,21)19-11-9-16(2)10-12-19/h4-12,17H,3,13-15H2,1-2H3. The SMILES string of the molecule is CCC(COCc1ccccc1)COS(=O)(=O)c1ccc(C)cc1. The van der Waals surface area contributed by atoms with Crippen molar-refractivity contribution < 1.29 is 17.3 Å². The van der Waals surface area contributed by atoms with E-state index in [0.717, 1.165) is 17.5 Å². The van der Waals surface area contributed by atoms with E-state index in [1.165, 1.54) is 0 Å². The normalized spacial score (nSPS) is 12.9. The van der Waals surface area contributed by atoms with Gasteiger partial charge >= 0.3 is 0 Å². The molecule has 0 amide bonds. The van der Waals surface area contributed by atoms with Crippen LogP contribution in [0, 0.1) is 12.8 Å². The van der Waals surface area contributed by atoms with Gasteiger partial charge in [0.15, 0.2) is 0 Å². The molecule has 24 heavy (non-hydrogen) atoms. The fourth-order valence-electron chi connectivity index (χ4n) is 2.16. The lowest BCUT2D eigenvalue weighted by molar-refractivity contribution is 0.0675. The Bertz CT molecular complexity index is 709. The first-order valence-corrected chi connectivity index (χ1v) is 9.50. The van der Waals surface area contributed by atoms with E-state index in [2.05, 4.69) is 0 Å². The average molecular weight is 348 g/mol. The molecule has 130 valence electrons. The van der Waals surface area contributed by atoms with Gasteiger partial charge in [0, 0.05) is 5.92 Å². The number of aryl methyl sites for hydroxylation is 1. The molecule has 4 nitrogen and oxygen atoms in total. The Labute approximate surface area is 144 Å². The van der Waals surface area contributed by atoms with Gasteiger partial charge < -0.3 is 4.74 Å². The van der Waals surface area contributed by atoms with Crippen LogP contribution in [-0.2, 0) is 25.6 Å². The molecule has 2 aromatic rings. The van der Waals surface area contributed by atoms with E-state index in [9.17, 15) is 8.42 Å². The van der Waals surface area contributed by atoms with Crippen LogP contribution in [-0.4, -0.2) is 21.6 Å². The van der Waals surface area contributed by atoms with Crippen molar-refractivity contribution >= 4 is 10.1 Å². The molecule has 0 aromatic heterocycles. The maximum atomic E-state index is 12.2. The van der Waals surface area contributed by atoms with Crippen molar-refractivity contribution in [2.24, 2.45) is 5.92 Å². The lowest BCUT2D eigenvalue weighted by atomic mass is 10.1. The predicted octanol–water partition coefficient (Wildman–Crippen LogP) is 3.94. The Balaban J connectivity index is 1.83. The highest BCUT2D eigenvalue weighted by Gasteiger charge is 2.18. The summed E-state index contributed by atoms with van der Waals surface area (Å²) >= 11 is 0. The van der Waals surface area contributed by atoms with E-state index < -0.39 is 10.1 Å². The van der Waals surface area contributed by atoms with Crippen LogP contribution in [0.5, 0.6) is 0 Å². The highest BCUT2D eigenvalue weighted by molar-refractivity contribution is 7.86. The Morgan fingerprint density at radius 2 is 1.62 bits per heavy atom. The third-order valence-corrected chi connectivity index (χ3v) is 5.11. The van der Waals surface area contributed by atoms with Gasteiger partial charge in [0.25, 0.3) is 10.1 Å². The fourth-order valence-corrected chi connectivity index (χ4v) is 3.14. The molecule has 0 aliphatic heterocycles. The largest absolute Gasteiger partial charge is 0.376 e. The molecular formula is C19H24O4S. The minimum Gasteiger partial charge on any atom is -0.376 e. The lowest BCUT2D eigenvalue weighted by Gasteiger charge is -2.15. The summed E-state index contributed by atoms with van der Waals surface area (Å²) in [7, 11) is -3.71. The van der Waals surface area contributed by atoms with Gasteiger partial charge in [0.1, 0.15) is 0 Å². The zero-order valence-corrected chi connectivity index (χ0v) is 15.0. The molecule has 0 aliphatic carbocycles. The second-order valence-electron chi connectivity index (χ2n) is 5.83. The van der Waals surface area contributed by atoms with Crippen molar-refractivity contribution in [1.29, 1.82) is 0 Å². The van der Waals surface area contributed by atoms with Crippen molar-refractivity contribution in [1.82, 2.24) is 0 Å². The molecule has 0 N–H and O–H groups in total.